The predicted octanol–water partition coefficient (Wildman–Crippen LogP) is 2.49. The third-order valence-electron chi connectivity index (χ3n) is 5.15. The van der Waals surface area contributed by atoms with Gasteiger partial charge in [-0.05, 0) is 31.9 Å². The molecule has 0 radical (unpaired) electrons. The fraction of sp³-hybridized carbons (Fsp3) is 1.00. The Morgan fingerprint density at radius 2 is 2.00 bits per heavy atom. The second-order valence-corrected chi connectivity index (χ2v) is 7.23. The molecule has 1 aliphatic heterocycles. The van der Waals surface area contributed by atoms with Crippen LogP contribution in [0.5, 0.6) is 0 Å². The van der Waals surface area contributed by atoms with Crippen LogP contribution in [0, 0.1) is 0 Å². The van der Waals surface area contributed by atoms with Gasteiger partial charge in [-0.2, -0.15) is 11.8 Å². The average Bonchev–Trinajstić information content (AvgIpc) is 2.98. The van der Waals surface area contributed by atoms with Gasteiger partial charge in [0.05, 0.1) is 0 Å². The van der Waals surface area contributed by atoms with Gasteiger partial charge in [0.15, 0.2) is 0 Å². The molecule has 1 heterocycles. The van der Waals surface area contributed by atoms with Crippen molar-refractivity contribution in [2.75, 3.05) is 25.9 Å². The van der Waals surface area contributed by atoms with E-state index in [0.29, 0.717) is 5.54 Å². The lowest BCUT2D eigenvalue weighted by atomic mass is 9.93. The predicted molar refractivity (Wildman–Crippen MR) is 75.7 cm³/mol. The Morgan fingerprint density at radius 3 is 2.76 bits per heavy atom. The Balaban J connectivity index is 1.67. The molecule has 0 aromatic heterocycles. The fourth-order valence-electron chi connectivity index (χ4n) is 4.26. The number of piperazine rings is 1. The fourth-order valence-corrected chi connectivity index (χ4v) is 5.28. The summed E-state index contributed by atoms with van der Waals surface area (Å²) in [5.41, 5.74) is 0.504. The first kappa shape index (κ1) is 12.3. The monoisotopic (exact) mass is 254 g/mol. The number of hydrogen-bond donors (Lipinski definition) is 1. The summed E-state index contributed by atoms with van der Waals surface area (Å²) in [5, 5.41) is 4.74. The van der Waals surface area contributed by atoms with Gasteiger partial charge < -0.3 is 5.32 Å². The summed E-state index contributed by atoms with van der Waals surface area (Å²) < 4.78 is 0. The van der Waals surface area contributed by atoms with Crippen LogP contribution in [0.2, 0.25) is 0 Å². The van der Waals surface area contributed by atoms with E-state index in [1.807, 2.05) is 0 Å². The molecule has 0 aromatic rings. The number of nitrogens with one attached hydrogen (secondary N) is 1. The zero-order valence-corrected chi connectivity index (χ0v) is 11.9. The summed E-state index contributed by atoms with van der Waals surface area (Å²) in [6.07, 6.45) is 12.4. The molecule has 2 unspecified atom stereocenters. The van der Waals surface area contributed by atoms with Crippen LogP contribution in [0.3, 0.4) is 0 Å². The highest BCUT2D eigenvalue weighted by Gasteiger charge is 2.41. The van der Waals surface area contributed by atoms with Crippen molar-refractivity contribution >= 4 is 11.8 Å². The van der Waals surface area contributed by atoms with E-state index in [2.05, 4.69) is 28.2 Å². The molecule has 0 amide bonds. The Bertz CT molecular complexity index is 263. The molecule has 1 spiro atoms. The van der Waals surface area contributed by atoms with Gasteiger partial charge in [0.25, 0.3) is 0 Å². The van der Waals surface area contributed by atoms with Crippen LogP contribution in [0.1, 0.15) is 44.9 Å². The van der Waals surface area contributed by atoms with E-state index in [9.17, 15) is 0 Å². The van der Waals surface area contributed by atoms with Crippen LogP contribution in [-0.2, 0) is 0 Å². The maximum Gasteiger partial charge on any atom is 0.0309 e. The van der Waals surface area contributed by atoms with Gasteiger partial charge in [-0.15, -0.1) is 0 Å². The molecule has 0 aromatic carbocycles. The van der Waals surface area contributed by atoms with Crippen molar-refractivity contribution < 1.29 is 0 Å². The molecular weight excluding hydrogens is 228 g/mol. The van der Waals surface area contributed by atoms with E-state index >= 15 is 0 Å². The van der Waals surface area contributed by atoms with Gasteiger partial charge in [-0.3, -0.25) is 4.90 Å². The lowest BCUT2D eigenvalue weighted by Gasteiger charge is -2.45. The number of nitrogens with zero attached hydrogens (tertiary/aromatic N) is 1. The van der Waals surface area contributed by atoms with Crippen LogP contribution in [-0.4, -0.2) is 47.6 Å². The molecular formula is C14H26N2S. The van der Waals surface area contributed by atoms with E-state index in [0.717, 1.165) is 11.3 Å². The molecule has 17 heavy (non-hydrogen) atoms. The van der Waals surface area contributed by atoms with Crippen LogP contribution >= 0.6 is 11.8 Å². The molecule has 3 fully saturated rings. The second-order valence-electron chi connectivity index (χ2n) is 6.16. The molecule has 3 aliphatic rings. The molecule has 3 rings (SSSR count). The zero-order valence-electron chi connectivity index (χ0n) is 11.1. The van der Waals surface area contributed by atoms with Crippen molar-refractivity contribution in [3.05, 3.63) is 0 Å². The largest absolute Gasteiger partial charge is 0.309 e. The molecule has 2 nitrogen and oxygen atoms in total. The molecule has 98 valence electrons. The Labute approximate surface area is 110 Å². The smallest absolute Gasteiger partial charge is 0.0309 e. The molecule has 2 atom stereocenters. The van der Waals surface area contributed by atoms with Gasteiger partial charge in [0.2, 0.25) is 0 Å². The van der Waals surface area contributed by atoms with Crippen molar-refractivity contribution in [1.29, 1.82) is 0 Å². The topological polar surface area (TPSA) is 15.3 Å². The van der Waals surface area contributed by atoms with Gasteiger partial charge in [0, 0.05) is 36.5 Å². The van der Waals surface area contributed by atoms with Gasteiger partial charge in [-0.25, -0.2) is 0 Å². The summed E-state index contributed by atoms with van der Waals surface area (Å²) in [6.45, 7) is 3.83. The van der Waals surface area contributed by atoms with Gasteiger partial charge in [-0.1, -0.05) is 19.3 Å². The Kier molecular flexibility index (Phi) is 3.69. The minimum Gasteiger partial charge on any atom is -0.309 e. The third-order valence-corrected chi connectivity index (χ3v) is 6.31. The molecule has 2 saturated carbocycles. The Morgan fingerprint density at radius 1 is 1.18 bits per heavy atom. The first-order chi connectivity index (χ1) is 8.33. The highest BCUT2D eigenvalue weighted by molar-refractivity contribution is 7.99. The molecule has 0 bridgehead atoms. The molecule has 2 aliphatic carbocycles. The van der Waals surface area contributed by atoms with Gasteiger partial charge >= 0.3 is 0 Å². The zero-order chi connectivity index (χ0) is 11.7. The molecule has 1 N–H and O–H groups in total. The molecule has 1 saturated heterocycles. The van der Waals surface area contributed by atoms with Gasteiger partial charge in [0.1, 0.15) is 0 Å². The number of thioether (sulfide) groups is 1. The highest BCUT2D eigenvalue weighted by Crippen LogP contribution is 2.37. The number of hydrogen-bond acceptors (Lipinski definition) is 3. The summed E-state index contributed by atoms with van der Waals surface area (Å²) >= 11 is 2.10. The van der Waals surface area contributed by atoms with Crippen molar-refractivity contribution in [3.8, 4) is 0 Å². The maximum absolute atomic E-state index is 3.83. The van der Waals surface area contributed by atoms with E-state index in [-0.39, 0.29) is 0 Å². The quantitative estimate of drug-likeness (QED) is 0.815. The van der Waals surface area contributed by atoms with E-state index in [4.69, 9.17) is 0 Å². The lowest BCUT2D eigenvalue weighted by molar-refractivity contribution is 0.0978. The second kappa shape index (κ2) is 5.10. The van der Waals surface area contributed by atoms with Crippen molar-refractivity contribution in [2.24, 2.45) is 0 Å². The number of rotatable bonds is 2. The van der Waals surface area contributed by atoms with Crippen LogP contribution in [0.15, 0.2) is 0 Å². The molecule has 3 heteroatoms. The third kappa shape index (κ3) is 2.39. The summed E-state index contributed by atoms with van der Waals surface area (Å²) in [6, 6.07) is 0.879. The summed E-state index contributed by atoms with van der Waals surface area (Å²) in [7, 11) is 0. The normalized spacial score (nSPS) is 37.9. The van der Waals surface area contributed by atoms with E-state index in [1.54, 1.807) is 0 Å². The maximum atomic E-state index is 3.83. The summed E-state index contributed by atoms with van der Waals surface area (Å²) in [4.78, 5) is 2.83. The highest BCUT2D eigenvalue weighted by atomic mass is 32.2. The van der Waals surface area contributed by atoms with Crippen LogP contribution < -0.4 is 5.32 Å². The standard InChI is InChI=1S/C14H26N2S/c1-17-13-6-4-5-12(13)16-10-9-15-14(11-16)7-2-3-8-14/h12-13,15H,2-11H2,1H3. The van der Waals surface area contributed by atoms with Crippen molar-refractivity contribution in [2.45, 2.75) is 61.8 Å². The van der Waals surface area contributed by atoms with Crippen LogP contribution in [0.25, 0.3) is 0 Å². The summed E-state index contributed by atoms with van der Waals surface area (Å²) in [5.74, 6) is 0. The first-order valence-electron chi connectivity index (χ1n) is 7.35. The minimum atomic E-state index is 0.504. The Hall–Kier alpha value is 0.270. The van der Waals surface area contributed by atoms with Crippen LogP contribution in [0.4, 0.5) is 0 Å². The average molecular weight is 254 g/mol. The minimum absolute atomic E-state index is 0.504. The lowest BCUT2D eigenvalue weighted by Crippen LogP contribution is -2.61. The SMILES string of the molecule is CSC1CCCC1N1CCNC2(CCCC2)C1. The van der Waals surface area contributed by atoms with E-state index < -0.39 is 0 Å². The first-order valence-corrected chi connectivity index (χ1v) is 8.64. The van der Waals surface area contributed by atoms with Crippen molar-refractivity contribution in [3.63, 3.8) is 0 Å². The van der Waals surface area contributed by atoms with Crippen molar-refractivity contribution in [1.82, 2.24) is 10.2 Å². The van der Waals surface area contributed by atoms with E-state index in [1.165, 1.54) is 64.6 Å².